The highest BCUT2D eigenvalue weighted by molar-refractivity contribution is 7.73. The lowest BCUT2D eigenvalue weighted by atomic mass is 9.75. The van der Waals surface area contributed by atoms with Crippen LogP contribution in [0.5, 0.6) is 11.8 Å². The Bertz CT molecular complexity index is 3180. The molecule has 3 aromatic carbocycles. The van der Waals surface area contributed by atoms with E-state index in [1.54, 1.807) is 12.2 Å². The molecule has 14 nitrogen and oxygen atoms in total. The Balaban J connectivity index is 1.18. The third-order valence-corrected chi connectivity index (χ3v) is 14.5. The summed E-state index contributed by atoms with van der Waals surface area (Å²) in [5.41, 5.74) is 6.40. The molecule has 0 spiro atoms. The lowest BCUT2D eigenvalue weighted by Gasteiger charge is -2.31. The minimum atomic E-state index is -1.04. The van der Waals surface area contributed by atoms with Gasteiger partial charge in [0.25, 0.3) is 0 Å². The van der Waals surface area contributed by atoms with E-state index in [9.17, 15) is 34.2 Å². The van der Waals surface area contributed by atoms with Gasteiger partial charge in [-0.05, 0) is 60.2 Å². The van der Waals surface area contributed by atoms with Gasteiger partial charge in [-0.2, -0.15) is 0 Å². The molecule has 60 heavy (non-hydrogen) atoms. The summed E-state index contributed by atoms with van der Waals surface area (Å²) >= 11 is 12.7. The Morgan fingerprint density at radius 3 is 1.58 bits per heavy atom. The summed E-state index contributed by atoms with van der Waals surface area (Å²) in [5, 5.41) is 38.6. The van der Waals surface area contributed by atoms with Crippen molar-refractivity contribution in [3.05, 3.63) is 103 Å². The zero-order valence-electron chi connectivity index (χ0n) is 33.3. The molecule has 312 valence electrons. The van der Waals surface area contributed by atoms with Gasteiger partial charge in [0, 0.05) is 61.5 Å². The highest BCUT2D eigenvalue weighted by Gasteiger charge is 2.48. The van der Waals surface area contributed by atoms with Crippen LogP contribution in [-0.4, -0.2) is 68.5 Å². The van der Waals surface area contributed by atoms with Gasteiger partial charge < -0.3 is 25.1 Å². The van der Waals surface area contributed by atoms with Gasteiger partial charge >= 0.3 is 5.97 Å². The van der Waals surface area contributed by atoms with Crippen LogP contribution >= 0.6 is 47.1 Å². The molecule has 4 heterocycles. The average Bonchev–Trinajstić information content (AvgIpc) is 3.76. The van der Waals surface area contributed by atoms with E-state index in [1.807, 2.05) is 23.9 Å². The van der Waals surface area contributed by atoms with Crippen LogP contribution in [0.25, 0.3) is 35.8 Å². The second kappa shape index (κ2) is 15.6. The molecular formula is C42H40N4O10S4. The second-order valence-corrected chi connectivity index (χ2v) is 19.3. The number of thiazole rings is 2. The van der Waals surface area contributed by atoms with Crippen molar-refractivity contribution in [3.8, 4) is 11.8 Å². The first-order chi connectivity index (χ1) is 28.2. The number of hydrogen-bond acceptors (Lipinski definition) is 15. The van der Waals surface area contributed by atoms with Crippen LogP contribution in [0, 0.1) is 7.91 Å². The number of aromatic hydroxyl groups is 2. The first kappa shape index (κ1) is 42.8. The van der Waals surface area contributed by atoms with Crippen molar-refractivity contribution >= 4 is 100 Å². The van der Waals surface area contributed by atoms with Crippen molar-refractivity contribution in [3.63, 3.8) is 0 Å². The number of likely N-dealkylation sites (N-methyl/N-ethyl adjacent to an activating group) is 2. The summed E-state index contributed by atoms with van der Waals surface area (Å²) in [6.07, 6.45) is 6.27. The van der Waals surface area contributed by atoms with Crippen LogP contribution in [0.3, 0.4) is 0 Å². The van der Waals surface area contributed by atoms with Gasteiger partial charge in [0.15, 0.2) is 7.91 Å². The Morgan fingerprint density at radius 1 is 0.767 bits per heavy atom. The zero-order valence-corrected chi connectivity index (χ0v) is 36.6. The number of carbonyl (C=O) groups is 1. The molecule has 18 heteroatoms. The molecule has 2 aromatic heterocycles. The van der Waals surface area contributed by atoms with Crippen LogP contribution in [0.15, 0.2) is 31.3 Å². The van der Waals surface area contributed by atoms with Gasteiger partial charge in [-0.3, -0.25) is 38.4 Å². The third kappa shape index (κ3) is 6.92. The van der Waals surface area contributed by atoms with Crippen LogP contribution in [0.2, 0.25) is 0 Å². The van der Waals surface area contributed by atoms with Gasteiger partial charge in [-0.15, -0.1) is 34.1 Å². The summed E-state index contributed by atoms with van der Waals surface area (Å²) in [6.45, 7) is 8.56. The van der Waals surface area contributed by atoms with Crippen molar-refractivity contribution in [2.24, 2.45) is 0 Å². The fourth-order valence-corrected chi connectivity index (χ4v) is 10.8. The topological polar surface area (TPSA) is 192 Å². The maximum atomic E-state index is 13.3. The van der Waals surface area contributed by atoms with Gasteiger partial charge in [-0.1, -0.05) is 33.8 Å². The fourth-order valence-electron chi connectivity index (χ4n) is 8.31. The molecule has 0 amide bonds. The van der Waals surface area contributed by atoms with E-state index in [4.69, 9.17) is 34.8 Å². The number of nitrogens with zero attached hydrogens (tertiary/aromatic N) is 4. The van der Waals surface area contributed by atoms with Gasteiger partial charge in [0.05, 0.1) is 45.3 Å². The van der Waals surface area contributed by atoms with E-state index >= 15 is 0 Å². The first-order valence-electron chi connectivity index (χ1n) is 18.8. The molecule has 7 rings (SSSR count). The number of carboxylic acid groups (broad SMARTS) is 1. The van der Waals surface area contributed by atoms with Crippen molar-refractivity contribution in [2.75, 3.05) is 30.5 Å². The monoisotopic (exact) mass is 888 g/mol. The summed E-state index contributed by atoms with van der Waals surface area (Å²) in [6, 6.07) is 3.48. The third-order valence-electron chi connectivity index (χ3n) is 11.8. The largest absolute Gasteiger partial charge is 0.493 e. The maximum absolute atomic E-state index is 13.3. The number of hydrogen-bond donors (Lipinski definition) is 4. The summed E-state index contributed by atoms with van der Waals surface area (Å²) in [7, 11) is 3.81. The molecule has 0 aliphatic carbocycles. The number of carboxylic acids is 1. The Hall–Kier alpha value is -5.29. The van der Waals surface area contributed by atoms with Gasteiger partial charge in [0.2, 0.25) is 33.5 Å². The lowest BCUT2D eigenvalue weighted by molar-refractivity contribution is -0.243. The highest BCUT2D eigenvalue weighted by atomic mass is 32.2. The van der Waals surface area contributed by atoms with E-state index in [1.165, 1.54) is 21.3 Å². The standard InChI is InChI=1S/C42H40N4O10S4/c1-41(2)24-18-25-27(19-26(24)43(5)30(41)16-22-33(49)20(34(22)50)8-10-28-37(53)45(39(57)59-28)13-7-15-56-55)44(6)31(42(25,3)4)17-23-35(51)21(36(23)52)9-11-29-38(54)46(40(58)60-29)14-12-32(47)48/h10-11,16-19,30-31,53-55H,7,12-15H2,1-6H3,(H,47,48). The second-order valence-electron chi connectivity index (χ2n) is 16.0. The number of rotatable bonds is 11. The molecular weight excluding hydrogens is 849 g/mol. The first-order valence-corrected chi connectivity index (χ1v) is 21.2. The Kier molecular flexibility index (Phi) is 11.2. The zero-order chi connectivity index (χ0) is 43.7. The number of benzene rings is 1. The van der Waals surface area contributed by atoms with Crippen LogP contribution in [0.1, 0.15) is 61.4 Å². The normalized spacial score (nSPS) is 17.4. The molecule has 0 saturated carbocycles. The van der Waals surface area contributed by atoms with Crippen molar-refractivity contribution in [2.45, 2.75) is 76.5 Å². The molecule has 4 N–H and O–H groups in total. The smallest absolute Gasteiger partial charge is 0.305 e. The van der Waals surface area contributed by atoms with E-state index in [0.717, 1.165) is 45.2 Å². The molecule has 0 saturated heterocycles. The van der Waals surface area contributed by atoms with Crippen LogP contribution in [-0.2, 0) is 33.6 Å². The number of fused-ring (bicyclic) bond motifs is 2. The van der Waals surface area contributed by atoms with Gasteiger partial charge in [0.1, 0.15) is 10.4 Å². The van der Waals surface area contributed by atoms with E-state index in [-0.39, 0.29) is 73.1 Å². The fraction of sp³-hybridized carbons (Fsp3) is 0.357. The summed E-state index contributed by atoms with van der Waals surface area (Å²) in [5.74, 6) is -1.43. The van der Waals surface area contributed by atoms with Gasteiger partial charge in [-0.25, -0.2) is 4.89 Å². The molecule has 0 fully saturated rings. The van der Waals surface area contributed by atoms with Crippen molar-refractivity contribution in [1.82, 2.24) is 9.13 Å². The average molecular weight is 889 g/mol. The Labute approximate surface area is 359 Å². The number of aliphatic carboxylic acids is 1. The highest BCUT2D eigenvalue weighted by Crippen LogP contribution is 2.53. The minimum absolute atomic E-state index is 0.0259. The molecule has 2 aliphatic heterocycles. The molecule has 0 bridgehead atoms. The van der Waals surface area contributed by atoms with Crippen LogP contribution < -0.4 is 52.4 Å². The molecule has 5 aromatic rings. The minimum Gasteiger partial charge on any atom is -0.493 e. The quantitative estimate of drug-likeness (QED) is 0.0653. The molecule has 2 unspecified atom stereocenters. The van der Waals surface area contributed by atoms with Crippen molar-refractivity contribution < 1.29 is 30.3 Å². The molecule has 2 aliphatic rings. The summed E-state index contributed by atoms with van der Waals surface area (Å²) in [4.78, 5) is 73.1. The molecule has 0 radical (unpaired) electrons. The number of anilines is 2. The predicted octanol–water partition coefficient (Wildman–Crippen LogP) is 2.17. The van der Waals surface area contributed by atoms with E-state index in [0.29, 0.717) is 21.8 Å². The van der Waals surface area contributed by atoms with Crippen LogP contribution in [0.4, 0.5) is 11.4 Å². The molecule has 2 atom stereocenters. The maximum Gasteiger partial charge on any atom is 0.305 e. The van der Waals surface area contributed by atoms with E-state index in [2.05, 4.69) is 56.2 Å². The lowest BCUT2D eigenvalue weighted by Crippen LogP contribution is -2.65. The Morgan fingerprint density at radius 2 is 1.18 bits per heavy atom. The van der Waals surface area contributed by atoms with Crippen molar-refractivity contribution in [1.29, 1.82) is 0 Å². The predicted molar refractivity (Wildman–Crippen MR) is 238 cm³/mol. The number of aromatic nitrogens is 2. The van der Waals surface area contributed by atoms with E-state index < -0.39 is 38.5 Å². The SMILES string of the molecule is CN1c2cc3c(cc2C(C)(C)C1C=c1c(=O)c(=C=Cc2sc(=S)n(CCCOO)c2O)c1=O)C(C)(C)C(C=c1c(=O)c(=C=Cc2sc(=S)n(CCC(=O)O)c2O)c1=O)N3C. The summed E-state index contributed by atoms with van der Waals surface area (Å²) < 4.78 is 3.38.